The summed E-state index contributed by atoms with van der Waals surface area (Å²) in [6.45, 7) is 16.1. The highest BCUT2D eigenvalue weighted by Gasteiger charge is 2.86. The van der Waals surface area contributed by atoms with Crippen molar-refractivity contribution in [3.8, 4) is 0 Å². The molecule has 5 aliphatic carbocycles. The van der Waals surface area contributed by atoms with Gasteiger partial charge in [-0.2, -0.15) is 0 Å². The van der Waals surface area contributed by atoms with Gasteiger partial charge in [0, 0.05) is 18.8 Å². The van der Waals surface area contributed by atoms with E-state index in [9.17, 15) is 20.1 Å². The van der Waals surface area contributed by atoms with E-state index in [0.717, 1.165) is 51.4 Å². The van der Waals surface area contributed by atoms with Crippen molar-refractivity contribution >= 4 is 5.97 Å². The van der Waals surface area contributed by atoms with Gasteiger partial charge in [-0.25, -0.2) is 0 Å². The van der Waals surface area contributed by atoms with Crippen LogP contribution in [-0.2, 0) is 33.2 Å². The van der Waals surface area contributed by atoms with Crippen LogP contribution >= 0.6 is 0 Å². The van der Waals surface area contributed by atoms with Crippen molar-refractivity contribution in [2.45, 2.75) is 160 Å². The monoisotopic (exact) mass is 660 g/mol. The minimum Gasteiger partial charge on any atom is -0.462 e. The fourth-order valence-corrected chi connectivity index (χ4v) is 14.6. The van der Waals surface area contributed by atoms with Crippen LogP contribution in [0.15, 0.2) is 0 Å². The summed E-state index contributed by atoms with van der Waals surface area (Å²) in [5, 5.41) is 31.0. The fourth-order valence-electron chi connectivity index (χ4n) is 14.6. The smallest absolute Gasteiger partial charge is 0.302 e. The number of aliphatic hydroxyl groups excluding tert-OH is 3. The summed E-state index contributed by atoms with van der Waals surface area (Å²) in [6, 6.07) is 0. The van der Waals surface area contributed by atoms with E-state index in [4.69, 9.17) is 28.4 Å². The zero-order chi connectivity index (χ0) is 33.3. The third-order valence-corrected chi connectivity index (χ3v) is 16.6. The Morgan fingerprint density at radius 3 is 2.30 bits per heavy atom. The van der Waals surface area contributed by atoms with E-state index >= 15 is 0 Å². The first-order chi connectivity index (χ1) is 22.0. The molecule has 9 aliphatic rings. The number of carbonyl (C=O) groups excluding carboxylic acids is 1. The van der Waals surface area contributed by atoms with Gasteiger partial charge in [-0.05, 0) is 97.2 Å². The molecule has 3 spiro atoms. The van der Waals surface area contributed by atoms with E-state index in [-0.39, 0.29) is 75.6 Å². The topological polar surface area (TPSA) is 136 Å². The summed E-state index contributed by atoms with van der Waals surface area (Å²) in [5.41, 5.74) is -0.492. The van der Waals surface area contributed by atoms with Crippen LogP contribution in [0.1, 0.15) is 99.8 Å². The molecule has 264 valence electrons. The zero-order valence-corrected chi connectivity index (χ0v) is 29.2. The summed E-state index contributed by atoms with van der Waals surface area (Å²) in [6.07, 6.45) is 2.89. The Kier molecular flexibility index (Phi) is 6.50. The molecule has 4 saturated heterocycles. The van der Waals surface area contributed by atoms with E-state index in [1.807, 2.05) is 0 Å². The summed E-state index contributed by atoms with van der Waals surface area (Å²) in [5.74, 6) is 0.642. The lowest BCUT2D eigenvalue weighted by molar-refractivity contribution is -0.309. The molecule has 10 nitrogen and oxygen atoms in total. The molecule has 18 atom stereocenters. The van der Waals surface area contributed by atoms with Crippen LogP contribution in [0.3, 0.4) is 0 Å². The number of carbonyl (C=O) groups is 1. The van der Waals surface area contributed by atoms with Crippen LogP contribution in [0.2, 0.25) is 0 Å². The van der Waals surface area contributed by atoms with Crippen LogP contribution in [0.5, 0.6) is 0 Å². The van der Waals surface area contributed by atoms with Crippen LogP contribution in [0, 0.1) is 50.7 Å². The van der Waals surface area contributed by atoms with Gasteiger partial charge in [0.25, 0.3) is 0 Å². The molecule has 9 rings (SSSR count). The molecule has 47 heavy (non-hydrogen) atoms. The van der Waals surface area contributed by atoms with Crippen LogP contribution in [0.25, 0.3) is 0 Å². The van der Waals surface area contributed by atoms with Crippen molar-refractivity contribution in [1.29, 1.82) is 0 Å². The molecule has 0 aromatic heterocycles. The predicted molar refractivity (Wildman–Crippen MR) is 166 cm³/mol. The normalized spacial score (nSPS) is 62.8. The first-order valence-corrected chi connectivity index (χ1v) is 18.5. The molecule has 10 heteroatoms. The van der Waals surface area contributed by atoms with Crippen molar-refractivity contribution in [2.75, 3.05) is 13.2 Å². The summed E-state index contributed by atoms with van der Waals surface area (Å²) >= 11 is 0. The SMILES string of the molecule is CC(=O)O[C@@H]1C[C@@]23C[C@@]24CC[C@H](O[C@@H]2OC[C@H](O)[C@H](O)[C@H]2O)C(C)(C)[C@@H]4CC[C@H]3[C@]2(C)C[C@@H]3O[C@]4(C[C@@H](C)[C@@H]3[C@@]12C)OC[C@]1(C)O[C@H]41. The van der Waals surface area contributed by atoms with E-state index in [2.05, 4.69) is 41.5 Å². The Hall–Kier alpha value is -0.850. The number of rotatable bonds is 3. The lowest BCUT2D eigenvalue weighted by Crippen LogP contribution is -2.64. The molecule has 4 heterocycles. The average molecular weight is 661 g/mol. The Morgan fingerprint density at radius 2 is 1.62 bits per heavy atom. The second kappa shape index (κ2) is 9.52. The summed E-state index contributed by atoms with van der Waals surface area (Å²) < 4.78 is 38.4. The van der Waals surface area contributed by atoms with Gasteiger partial charge in [0.15, 0.2) is 12.1 Å². The average Bonchev–Trinajstić information content (AvgIpc) is 3.81. The van der Waals surface area contributed by atoms with E-state index in [0.29, 0.717) is 24.4 Å². The maximum absolute atomic E-state index is 12.9. The van der Waals surface area contributed by atoms with Crippen molar-refractivity contribution < 1.29 is 48.5 Å². The van der Waals surface area contributed by atoms with Gasteiger partial charge in [-0.1, -0.05) is 34.6 Å². The Labute approximate surface area is 278 Å². The number of hydrogen-bond donors (Lipinski definition) is 3. The van der Waals surface area contributed by atoms with Crippen LogP contribution < -0.4 is 0 Å². The molecule has 3 N–H and O–H groups in total. The van der Waals surface area contributed by atoms with Gasteiger partial charge in [-0.15, -0.1) is 0 Å². The number of esters is 1. The lowest BCUT2D eigenvalue weighted by atomic mass is 9.41. The quantitative estimate of drug-likeness (QED) is 0.234. The highest BCUT2D eigenvalue weighted by atomic mass is 16.8. The van der Waals surface area contributed by atoms with Crippen molar-refractivity contribution in [2.24, 2.45) is 50.7 Å². The molecule has 0 radical (unpaired) electrons. The second-order valence-electron chi connectivity index (χ2n) is 18.9. The third-order valence-electron chi connectivity index (χ3n) is 16.6. The van der Waals surface area contributed by atoms with Gasteiger partial charge in [0.1, 0.15) is 36.1 Å². The Bertz CT molecular complexity index is 1360. The maximum atomic E-state index is 12.9. The standard InChI is InChI=1S/C37H56O10/c1-18-12-37(30-33(6,47-30)17-43-37)46-21-13-32(5)23-9-8-22-31(3,4)24(45-29-28(41)27(40)20(39)15-42-29)10-11-35(22)16-36(23,35)14-25(44-19(2)38)34(32,7)26(18)21/h18,20-30,39-41H,8-17H2,1-7H3/t18-,20+,21+,22+,23+,24+,25-,26+,27+,28-,29+,30+,32+,33+,34-,35-,36+,37+/m1/s1. The molecular formula is C37H56O10. The maximum Gasteiger partial charge on any atom is 0.302 e. The molecule has 0 aromatic rings. The number of ether oxygens (including phenoxy) is 6. The lowest BCUT2D eigenvalue weighted by Gasteiger charge is -2.65. The molecule has 0 amide bonds. The molecule has 5 saturated carbocycles. The van der Waals surface area contributed by atoms with Gasteiger partial charge in [0.05, 0.1) is 25.4 Å². The van der Waals surface area contributed by atoms with Crippen molar-refractivity contribution in [3.63, 3.8) is 0 Å². The first kappa shape index (κ1) is 32.1. The predicted octanol–water partition coefficient (Wildman–Crippen LogP) is 3.71. The van der Waals surface area contributed by atoms with Crippen molar-refractivity contribution in [1.82, 2.24) is 0 Å². The highest BCUT2D eigenvalue weighted by molar-refractivity contribution is 5.66. The first-order valence-electron chi connectivity index (χ1n) is 18.5. The molecule has 0 bridgehead atoms. The summed E-state index contributed by atoms with van der Waals surface area (Å²) in [4.78, 5) is 12.9. The largest absolute Gasteiger partial charge is 0.462 e. The molecule has 9 fully saturated rings. The number of epoxide rings is 1. The number of hydrogen-bond acceptors (Lipinski definition) is 10. The van der Waals surface area contributed by atoms with E-state index in [1.54, 1.807) is 6.92 Å². The summed E-state index contributed by atoms with van der Waals surface area (Å²) in [7, 11) is 0. The van der Waals surface area contributed by atoms with Crippen LogP contribution in [-0.4, -0.2) is 94.9 Å². The van der Waals surface area contributed by atoms with Gasteiger partial charge >= 0.3 is 5.97 Å². The Morgan fingerprint density at radius 1 is 0.872 bits per heavy atom. The zero-order valence-electron chi connectivity index (χ0n) is 29.2. The van der Waals surface area contributed by atoms with Gasteiger partial charge in [0.2, 0.25) is 0 Å². The highest BCUT2D eigenvalue weighted by Crippen LogP contribution is 2.89. The van der Waals surface area contributed by atoms with E-state index < -0.39 is 30.4 Å². The van der Waals surface area contributed by atoms with Crippen molar-refractivity contribution in [3.05, 3.63) is 0 Å². The third kappa shape index (κ3) is 3.78. The van der Waals surface area contributed by atoms with E-state index in [1.165, 1.54) is 0 Å². The van der Waals surface area contributed by atoms with Gasteiger partial charge < -0.3 is 43.7 Å². The molecular weight excluding hydrogens is 604 g/mol. The molecule has 4 aliphatic heterocycles. The second-order valence-corrected chi connectivity index (χ2v) is 18.9. The Balaban J connectivity index is 1.03. The van der Waals surface area contributed by atoms with Crippen LogP contribution in [0.4, 0.5) is 0 Å². The minimum atomic E-state index is -1.29. The van der Waals surface area contributed by atoms with Gasteiger partial charge in [-0.3, -0.25) is 4.79 Å². The molecule has 0 unspecified atom stereocenters. The fraction of sp³-hybridized carbons (Fsp3) is 0.973. The minimum absolute atomic E-state index is 0.00697. The molecule has 0 aromatic carbocycles. The number of aliphatic hydroxyl groups is 3. The number of fused-ring (bicyclic) bond motifs is 6.